The Hall–Kier alpha value is -0.300. The predicted octanol–water partition coefficient (Wildman–Crippen LogP) is 2.29. The molecule has 0 amide bonds. The van der Waals surface area contributed by atoms with Gasteiger partial charge in [-0.1, -0.05) is 18.6 Å². The van der Waals surface area contributed by atoms with Gasteiger partial charge >= 0.3 is 0 Å². The van der Waals surface area contributed by atoms with E-state index < -0.39 is 0 Å². The maximum absolute atomic E-state index is 2.41. The second-order valence-electron chi connectivity index (χ2n) is 3.94. The van der Waals surface area contributed by atoms with Gasteiger partial charge in [0, 0.05) is 6.04 Å². The Balaban J connectivity index is 2.60. The first-order valence-corrected chi connectivity index (χ1v) is 4.45. The highest BCUT2D eigenvalue weighted by atomic mass is 15.1. The summed E-state index contributed by atoms with van der Waals surface area (Å²) in [5.41, 5.74) is 1.57. The molecule has 0 saturated carbocycles. The molecule has 64 valence electrons. The van der Waals surface area contributed by atoms with Crippen molar-refractivity contribution >= 4 is 0 Å². The minimum absolute atomic E-state index is 0.735. The average Bonchev–Trinajstić information content (AvgIpc) is 1.85. The molecule has 0 bridgehead atoms. The van der Waals surface area contributed by atoms with Crippen LogP contribution in [0.4, 0.5) is 0 Å². The van der Waals surface area contributed by atoms with Gasteiger partial charge in [0.05, 0.1) is 0 Å². The fourth-order valence-corrected chi connectivity index (χ4v) is 2.01. The van der Waals surface area contributed by atoms with Gasteiger partial charge in [-0.2, -0.15) is 0 Å². The topological polar surface area (TPSA) is 3.24 Å². The SMILES string of the molecule is CC1=CC(C)C(N(C)C)CC1. The first-order valence-electron chi connectivity index (χ1n) is 4.45. The van der Waals surface area contributed by atoms with Crippen LogP contribution in [0.1, 0.15) is 26.7 Å². The van der Waals surface area contributed by atoms with Crippen LogP contribution in [0.2, 0.25) is 0 Å². The average molecular weight is 153 g/mol. The molecule has 1 aliphatic rings. The fraction of sp³-hybridized carbons (Fsp3) is 0.800. The molecule has 0 N–H and O–H groups in total. The van der Waals surface area contributed by atoms with E-state index in [0.29, 0.717) is 0 Å². The summed E-state index contributed by atoms with van der Waals surface area (Å²) in [6.07, 6.45) is 5.03. The van der Waals surface area contributed by atoms with Crippen molar-refractivity contribution in [2.45, 2.75) is 32.7 Å². The molecule has 1 rings (SSSR count). The zero-order valence-corrected chi connectivity index (χ0v) is 8.09. The molecular formula is C10H19N. The van der Waals surface area contributed by atoms with E-state index in [1.807, 2.05) is 0 Å². The minimum Gasteiger partial charge on any atom is -0.306 e. The van der Waals surface area contributed by atoms with Crippen molar-refractivity contribution in [2.24, 2.45) is 5.92 Å². The summed E-state index contributed by atoms with van der Waals surface area (Å²) >= 11 is 0. The Labute approximate surface area is 70.1 Å². The number of nitrogens with zero attached hydrogens (tertiary/aromatic N) is 1. The van der Waals surface area contributed by atoms with E-state index in [1.54, 1.807) is 5.57 Å². The molecule has 0 heterocycles. The molecule has 0 spiro atoms. The molecule has 0 aromatic carbocycles. The normalized spacial score (nSPS) is 32.3. The number of allylic oxidation sites excluding steroid dienone is 1. The first kappa shape index (κ1) is 8.79. The molecular weight excluding hydrogens is 134 g/mol. The van der Waals surface area contributed by atoms with Crippen LogP contribution in [0, 0.1) is 5.92 Å². The predicted molar refractivity (Wildman–Crippen MR) is 49.6 cm³/mol. The van der Waals surface area contributed by atoms with Gasteiger partial charge in [-0.3, -0.25) is 0 Å². The molecule has 2 unspecified atom stereocenters. The van der Waals surface area contributed by atoms with Crippen LogP contribution < -0.4 is 0 Å². The van der Waals surface area contributed by atoms with Crippen LogP contribution in [-0.2, 0) is 0 Å². The van der Waals surface area contributed by atoms with Crippen molar-refractivity contribution in [3.63, 3.8) is 0 Å². The van der Waals surface area contributed by atoms with Gasteiger partial charge in [0.15, 0.2) is 0 Å². The first-order chi connectivity index (χ1) is 5.11. The number of rotatable bonds is 1. The van der Waals surface area contributed by atoms with Gasteiger partial charge in [0.25, 0.3) is 0 Å². The Bertz CT molecular complexity index is 158. The van der Waals surface area contributed by atoms with Crippen molar-refractivity contribution in [2.75, 3.05) is 14.1 Å². The number of hydrogen-bond acceptors (Lipinski definition) is 1. The summed E-state index contributed by atoms with van der Waals surface area (Å²) in [5, 5.41) is 0. The van der Waals surface area contributed by atoms with Crippen molar-refractivity contribution in [1.82, 2.24) is 4.90 Å². The van der Waals surface area contributed by atoms with Crippen molar-refractivity contribution < 1.29 is 0 Å². The highest BCUT2D eigenvalue weighted by molar-refractivity contribution is 5.07. The molecule has 0 aromatic rings. The summed E-state index contributed by atoms with van der Waals surface area (Å²) in [6.45, 7) is 4.55. The molecule has 0 aromatic heterocycles. The Kier molecular flexibility index (Phi) is 2.72. The van der Waals surface area contributed by atoms with Gasteiger partial charge in [0.2, 0.25) is 0 Å². The highest BCUT2D eigenvalue weighted by Crippen LogP contribution is 2.25. The van der Waals surface area contributed by atoms with Gasteiger partial charge in [0.1, 0.15) is 0 Å². The summed E-state index contributed by atoms with van der Waals surface area (Å²) < 4.78 is 0. The summed E-state index contributed by atoms with van der Waals surface area (Å²) in [6, 6.07) is 0.763. The van der Waals surface area contributed by atoms with E-state index in [1.165, 1.54) is 12.8 Å². The monoisotopic (exact) mass is 153 g/mol. The second kappa shape index (κ2) is 3.40. The zero-order valence-electron chi connectivity index (χ0n) is 8.09. The lowest BCUT2D eigenvalue weighted by atomic mass is 9.87. The van der Waals surface area contributed by atoms with Crippen molar-refractivity contribution in [3.05, 3.63) is 11.6 Å². The third kappa shape index (κ3) is 2.06. The minimum atomic E-state index is 0.735. The smallest absolute Gasteiger partial charge is 0.0152 e. The molecule has 0 fully saturated rings. The largest absolute Gasteiger partial charge is 0.306 e. The van der Waals surface area contributed by atoms with Crippen LogP contribution in [0.5, 0.6) is 0 Å². The molecule has 0 aliphatic heterocycles. The van der Waals surface area contributed by atoms with Crippen molar-refractivity contribution in [1.29, 1.82) is 0 Å². The number of hydrogen-bond donors (Lipinski definition) is 0. The second-order valence-corrected chi connectivity index (χ2v) is 3.94. The molecule has 0 radical (unpaired) electrons. The van der Waals surface area contributed by atoms with Crippen LogP contribution in [0.25, 0.3) is 0 Å². The van der Waals surface area contributed by atoms with Crippen molar-refractivity contribution in [3.8, 4) is 0 Å². The van der Waals surface area contributed by atoms with E-state index in [4.69, 9.17) is 0 Å². The van der Waals surface area contributed by atoms with Crippen LogP contribution in [-0.4, -0.2) is 25.0 Å². The molecule has 2 atom stereocenters. The van der Waals surface area contributed by atoms with Crippen LogP contribution in [0.15, 0.2) is 11.6 Å². The summed E-state index contributed by atoms with van der Waals surface area (Å²) in [4.78, 5) is 2.34. The quantitative estimate of drug-likeness (QED) is 0.522. The van der Waals surface area contributed by atoms with Gasteiger partial charge in [-0.15, -0.1) is 0 Å². The molecule has 1 heteroatoms. The van der Waals surface area contributed by atoms with Gasteiger partial charge in [-0.05, 0) is 39.8 Å². The lowest BCUT2D eigenvalue weighted by Gasteiger charge is -2.32. The molecule has 1 nitrogen and oxygen atoms in total. The standard InChI is InChI=1S/C10H19N/c1-8-5-6-10(11(3)4)9(2)7-8/h7,9-10H,5-6H2,1-4H3. The summed E-state index contributed by atoms with van der Waals surface area (Å²) in [5.74, 6) is 0.735. The maximum atomic E-state index is 2.41. The van der Waals surface area contributed by atoms with E-state index in [2.05, 4.69) is 38.9 Å². The summed E-state index contributed by atoms with van der Waals surface area (Å²) in [7, 11) is 4.35. The third-order valence-electron chi connectivity index (χ3n) is 2.65. The Morgan fingerprint density at radius 3 is 2.55 bits per heavy atom. The van der Waals surface area contributed by atoms with Gasteiger partial charge in [-0.25, -0.2) is 0 Å². The molecule has 0 saturated heterocycles. The Morgan fingerprint density at radius 1 is 1.45 bits per heavy atom. The molecule has 1 aliphatic carbocycles. The van der Waals surface area contributed by atoms with E-state index in [-0.39, 0.29) is 0 Å². The fourth-order valence-electron chi connectivity index (χ4n) is 2.01. The lowest BCUT2D eigenvalue weighted by molar-refractivity contribution is 0.225. The van der Waals surface area contributed by atoms with Crippen LogP contribution >= 0.6 is 0 Å². The third-order valence-corrected chi connectivity index (χ3v) is 2.65. The van der Waals surface area contributed by atoms with E-state index in [0.717, 1.165) is 12.0 Å². The highest BCUT2D eigenvalue weighted by Gasteiger charge is 2.20. The Morgan fingerprint density at radius 2 is 2.09 bits per heavy atom. The van der Waals surface area contributed by atoms with Crippen LogP contribution in [0.3, 0.4) is 0 Å². The zero-order chi connectivity index (χ0) is 8.43. The molecule has 11 heavy (non-hydrogen) atoms. The van der Waals surface area contributed by atoms with E-state index in [9.17, 15) is 0 Å². The lowest BCUT2D eigenvalue weighted by Crippen LogP contribution is -2.35. The van der Waals surface area contributed by atoms with Gasteiger partial charge < -0.3 is 4.90 Å². The van der Waals surface area contributed by atoms with E-state index >= 15 is 0 Å². The maximum Gasteiger partial charge on any atom is 0.0152 e.